The van der Waals surface area contributed by atoms with Gasteiger partial charge in [-0.3, -0.25) is 0 Å². The summed E-state index contributed by atoms with van der Waals surface area (Å²) in [5.41, 5.74) is 14.7. The number of benzene rings is 10. The van der Waals surface area contributed by atoms with Crippen molar-refractivity contribution < 1.29 is 8.78 Å². The zero-order valence-corrected chi connectivity index (χ0v) is 29.1. The first kappa shape index (κ1) is 24.5. The highest BCUT2D eigenvalue weighted by molar-refractivity contribution is 6.63. The van der Waals surface area contributed by atoms with Crippen LogP contribution in [0.2, 0.25) is 0 Å². The van der Waals surface area contributed by atoms with Gasteiger partial charge in [0.2, 0.25) is 0 Å². The Bertz CT molecular complexity index is 3940. The fourth-order valence-electron chi connectivity index (χ4n) is 17.4. The lowest BCUT2D eigenvalue weighted by atomic mass is 9.80. The van der Waals surface area contributed by atoms with Crippen molar-refractivity contribution in [1.82, 2.24) is 0 Å². The molecule has 2 spiro atoms. The van der Waals surface area contributed by atoms with Gasteiger partial charge < -0.3 is 0 Å². The molecule has 248 valence electrons. The summed E-state index contributed by atoms with van der Waals surface area (Å²) in [7, 11) is 0. The molecule has 0 saturated heterocycles. The standard InChI is InChI=1S/C53H22F2/c54-23-5-1-3-16(10-23)46-48-25-12-19-7-20-13-26-33-37-28(20)27(19)36-32(25)44-42-38-34-29-18(8-21-14-52(46,48)50(44)30(21)34)9-22-15-53(47(49(26)53)17-4-2-6-24(55)11-17)51-31(22)35(29)39(38)43(45(33)51)41(37)40(36)42/h1-6,8-13,46-49H,7,14-15H2. The maximum atomic E-state index is 15.2. The first-order valence-electron chi connectivity index (χ1n) is 20.4. The maximum absolute atomic E-state index is 15.2. The summed E-state index contributed by atoms with van der Waals surface area (Å²) in [6.45, 7) is 0. The second kappa shape index (κ2) is 6.41. The second-order valence-electron chi connectivity index (χ2n) is 19.6. The van der Waals surface area contributed by atoms with Crippen molar-refractivity contribution in [3.63, 3.8) is 0 Å². The van der Waals surface area contributed by atoms with E-state index in [1.54, 1.807) is 121 Å². The number of halogens is 2. The first-order chi connectivity index (χ1) is 27.1. The van der Waals surface area contributed by atoms with Crippen molar-refractivity contribution in [2.75, 3.05) is 0 Å². The molecule has 2 fully saturated rings. The van der Waals surface area contributed by atoms with Gasteiger partial charge in [0.25, 0.3) is 0 Å². The molecule has 6 unspecified atom stereocenters. The van der Waals surface area contributed by atoms with Crippen LogP contribution in [0.15, 0.2) is 72.8 Å². The lowest BCUT2D eigenvalue weighted by molar-refractivity contribution is 0.622. The van der Waals surface area contributed by atoms with E-state index in [0.29, 0.717) is 11.8 Å². The second-order valence-corrected chi connectivity index (χ2v) is 19.6. The van der Waals surface area contributed by atoms with Crippen LogP contribution in [0.4, 0.5) is 8.78 Å². The molecular weight excluding hydrogens is 675 g/mol. The lowest BCUT2D eigenvalue weighted by Gasteiger charge is -2.22. The molecule has 55 heavy (non-hydrogen) atoms. The van der Waals surface area contributed by atoms with E-state index in [4.69, 9.17) is 0 Å². The summed E-state index contributed by atoms with van der Waals surface area (Å²) in [5, 5.41) is 30.8. The fourth-order valence-corrected chi connectivity index (χ4v) is 17.4. The molecule has 0 amide bonds. The molecule has 0 bridgehead atoms. The Hall–Kier alpha value is -5.86. The third-order valence-electron chi connectivity index (χ3n) is 18.3. The molecule has 7 aliphatic rings. The molecule has 6 atom stereocenters. The molecule has 0 N–H and O–H groups in total. The topological polar surface area (TPSA) is 0 Å². The largest absolute Gasteiger partial charge is 0.207 e. The van der Waals surface area contributed by atoms with E-state index >= 15 is 8.78 Å². The SMILES string of the molecule is Fc1cccc(C2C3c4cc5c6c7c(cc8c9c%10c%11c%12c(cc%13cc%14c%15c(c%16c4c6c4c%16c6c%15c%13c%12c6c%10c4c79)C23C%14)CC%112C(c3cccc(F)c3)C82)C5)c1. The monoisotopic (exact) mass is 696 g/mol. The highest BCUT2D eigenvalue weighted by Crippen LogP contribution is 2.84. The molecule has 0 heterocycles. The average molecular weight is 697 g/mol. The Morgan fingerprint density at radius 1 is 0.382 bits per heavy atom. The quantitative estimate of drug-likeness (QED) is 0.158. The van der Waals surface area contributed by atoms with Gasteiger partial charge in [-0.1, -0.05) is 48.5 Å². The highest BCUT2D eigenvalue weighted by atomic mass is 19.1. The number of hydrogen-bond acceptors (Lipinski definition) is 0. The summed E-state index contributed by atoms with van der Waals surface area (Å²) in [4.78, 5) is 0. The first-order valence-corrected chi connectivity index (χ1v) is 20.4. The van der Waals surface area contributed by atoms with Crippen LogP contribution in [0.3, 0.4) is 0 Å². The van der Waals surface area contributed by atoms with Crippen molar-refractivity contribution in [2.24, 2.45) is 0 Å². The Kier molecular flexibility index (Phi) is 2.86. The van der Waals surface area contributed by atoms with Crippen LogP contribution in [-0.4, -0.2) is 0 Å². The molecule has 2 saturated carbocycles. The van der Waals surface area contributed by atoms with Crippen LogP contribution >= 0.6 is 0 Å². The zero-order chi connectivity index (χ0) is 34.4. The summed E-state index contributed by atoms with van der Waals surface area (Å²) in [6, 6.07) is 25.8. The van der Waals surface area contributed by atoms with Crippen molar-refractivity contribution in [2.45, 2.75) is 53.8 Å². The van der Waals surface area contributed by atoms with Gasteiger partial charge in [0.1, 0.15) is 11.6 Å². The Morgan fingerprint density at radius 3 is 1.29 bits per heavy atom. The van der Waals surface area contributed by atoms with Crippen LogP contribution in [0.5, 0.6) is 0 Å². The van der Waals surface area contributed by atoms with Crippen molar-refractivity contribution in [3.05, 3.63) is 140 Å². The molecule has 13 aromatic carbocycles. The lowest BCUT2D eigenvalue weighted by Crippen LogP contribution is -2.13. The maximum Gasteiger partial charge on any atom is 0.123 e. The van der Waals surface area contributed by atoms with E-state index in [1.807, 2.05) is 24.3 Å². The van der Waals surface area contributed by atoms with Gasteiger partial charge >= 0.3 is 0 Å². The van der Waals surface area contributed by atoms with Crippen LogP contribution in [0.25, 0.3) is 108 Å². The minimum absolute atomic E-state index is 0.0365. The van der Waals surface area contributed by atoms with E-state index in [0.717, 1.165) is 19.3 Å². The zero-order valence-electron chi connectivity index (χ0n) is 29.1. The van der Waals surface area contributed by atoms with Gasteiger partial charge in [-0.05, 0) is 207 Å². The smallest absolute Gasteiger partial charge is 0.123 e. The van der Waals surface area contributed by atoms with Gasteiger partial charge in [0.05, 0.1) is 0 Å². The van der Waals surface area contributed by atoms with Gasteiger partial charge in [-0.2, -0.15) is 0 Å². The number of hydrogen-bond donors (Lipinski definition) is 0. The van der Waals surface area contributed by atoms with Crippen LogP contribution in [0.1, 0.15) is 79.3 Å². The van der Waals surface area contributed by atoms with E-state index in [2.05, 4.69) is 36.4 Å². The predicted molar refractivity (Wildman–Crippen MR) is 217 cm³/mol. The van der Waals surface area contributed by atoms with Crippen molar-refractivity contribution in [3.8, 4) is 0 Å². The Balaban J connectivity index is 1.12. The van der Waals surface area contributed by atoms with Crippen LogP contribution < -0.4 is 0 Å². The Labute approximate surface area is 309 Å². The highest BCUT2D eigenvalue weighted by Gasteiger charge is 2.73. The summed E-state index contributed by atoms with van der Waals surface area (Å²) >= 11 is 0. The molecule has 0 aromatic heterocycles. The molecule has 7 aliphatic carbocycles. The Morgan fingerprint density at radius 2 is 0.818 bits per heavy atom. The van der Waals surface area contributed by atoms with Crippen molar-refractivity contribution >= 4 is 108 Å². The van der Waals surface area contributed by atoms with Gasteiger partial charge in [-0.25, -0.2) is 8.78 Å². The van der Waals surface area contributed by atoms with Gasteiger partial charge in [-0.15, -0.1) is 0 Å². The van der Waals surface area contributed by atoms with Crippen LogP contribution in [-0.2, 0) is 30.1 Å². The molecule has 0 aliphatic heterocycles. The molecule has 13 aromatic rings. The number of fused-ring (bicyclic) bond motifs is 2. The van der Waals surface area contributed by atoms with E-state index < -0.39 is 0 Å². The molecule has 20 rings (SSSR count). The molecule has 2 heteroatoms. The van der Waals surface area contributed by atoms with Gasteiger partial charge in [0, 0.05) is 34.5 Å². The van der Waals surface area contributed by atoms with Crippen LogP contribution in [0, 0.1) is 11.6 Å². The summed E-state index contributed by atoms with van der Waals surface area (Å²) in [5.74, 6) is 1.02. The third kappa shape index (κ3) is 1.84. The van der Waals surface area contributed by atoms with Gasteiger partial charge in [0.15, 0.2) is 0 Å². The minimum Gasteiger partial charge on any atom is -0.207 e. The molecule has 0 nitrogen and oxygen atoms in total. The minimum atomic E-state index is -0.119. The third-order valence-corrected chi connectivity index (χ3v) is 18.3. The summed E-state index contributed by atoms with van der Waals surface area (Å²) < 4.78 is 30.3. The van der Waals surface area contributed by atoms with E-state index in [1.165, 1.54) is 54.9 Å². The average Bonchev–Trinajstić information content (AvgIpc) is 3.46. The molecule has 0 radical (unpaired) electrons. The van der Waals surface area contributed by atoms with Crippen molar-refractivity contribution in [1.29, 1.82) is 0 Å². The number of rotatable bonds is 2. The fraction of sp³-hybridized carbons (Fsp3) is 0.170. The van der Waals surface area contributed by atoms with E-state index in [9.17, 15) is 0 Å². The summed E-state index contributed by atoms with van der Waals surface area (Å²) in [6.07, 6.45) is 3.04. The van der Waals surface area contributed by atoms with E-state index in [-0.39, 0.29) is 34.3 Å². The normalized spacial score (nSPS) is 28.5. The predicted octanol–water partition coefficient (Wildman–Crippen LogP) is 12.8. The molecular formula is C53H22F2.